The third-order valence-electron chi connectivity index (χ3n) is 3.10. The minimum absolute atomic E-state index is 0. The van der Waals surface area contributed by atoms with Crippen LogP contribution in [0.15, 0.2) is 18.2 Å². The number of carbonyl (C=O) groups excluding carboxylic acids is 1. The Morgan fingerprint density at radius 3 is 2.90 bits per heavy atom. The number of nitro benzene ring substituents is 1. The van der Waals surface area contributed by atoms with Crippen LogP contribution in [0.25, 0.3) is 0 Å². The highest BCUT2D eigenvalue weighted by atomic mass is 35.5. The van der Waals surface area contributed by atoms with Crippen molar-refractivity contribution in [2.75, 3.05) is 18.4 Å². The van der Waals surface area contributed by atoms with Gasteiger partial charge in [-0.3, -0.25) is 14.9 Å². The van der Waals surface area contributed by atoms with Gasteiger partial charge in [0.15, 0.2) is 0 Å². The van der Waals surface area contributed by atoms with E-state index in [4.69, 9.17) is 0 Å². The largest absolute Gasteiger partial charge is 0.506 e. The quantitative estimate of drug-likeness (QED) is 0.446. The van der Waals surface area contributed by atoms with Crippen molar-refractivity contribution in [1.82, 2.24) is 5.32 Å². The number of halogens is 1. The van der Waals surface area contributed by atoms with Crippen molar-refractivity contribution < 1.29 is 14.8 Å². The van der Waals surface area contributed by atoms with Gasteiger partial charge in [-0.25, -0.2) is 0 Å². The SMILES string of the molecule is Cl.O=C(CC1CCNC1)Nc1cc([N+](=O)[O-])ccc1O. The maximum absolute atomic E-state index is 11.8. The summed E-state index contributed by atoms with van der Waals surface area (Å²) in [5.74, 6) is -0.145. The zero-order valence-electron chi connectivity index (χ0n) is 10.7. The molecule has 1 aromatic carbocycles. The number of phenolic OH excluding ortho intramolecular Hbond substituents is 1. The molecule has 1 heterocycles. The molecule has 1 fully saturated rings. The minimum Gasteiger partial charge on any atom is -0.506 e. The van der Waals surface area contributed by atoms with Gasteiger partial charge in [-0.15, -0.1) is 12.4 Å². The fraction of sp³-hybridized carbons (Fsp3) is 0.417. The van der Waals surface area contributed by atoms with E-state index in [1.165, 1.54) is 12.1 Å². The van der Waals surface area contributed by atoms with Crippen molar-refractivity contribution in [2.24, 2.45) is 5.92 Å². The average Bonchev–Trinajstić information content (AvgIpc) is 2.84. The lowest BCUT2D eigenvalue weighted by Crippen LogP contribution is -2.18. The second-order valence-electron chi connectivity index (χ2n) is 4.57. The summed E-state index contributed by atoms with van der Waals surface area (Å²) in [5.41, 5.74) is -0.0965. The summed E-state index contributed by atoms with van der Waals surface area (Å²) in [5, 5.41) is 25.9. The van der Waals surface area contributed by atoms with Gasteiger partial charge >= 0.3 is 0 Å². The van der Waals surface area contributed by atoms with Crippen LogP contribution >= 0.6 is 12.4 Å². The first-order valence-electron chi connectivity index (χ1n) is 6.04. The van der Waals surface area contributed by atoms with E-state index in [1.54, 1.807) is 0 Å². The number of hydrogen-bond donors (Lipinski definition) is 3. The summed E-state index contributed by atoms with van der Waals surface area (Å²) in [4.78, 5) is 21.8. The van der Waals surface area contributed by atoms with Crippen LogP contribution in [0.1, 0.15) is 12.8 Å². The van der Waals surface area contributed by atoms with Crippen LogP contribution in [0.5, 0.6) is 5.75 Å². The van der Waals surface area contributed by atoms with Crippen molar-refractivity contribution in [1.29, 1.82) is 0 Å². The molecule has 1 aliphatic heterocycles. The zero-order chi connectivity index (χ0) is 13.8. The lowest BCUT2D eigenvalue weighted by Gasteiger charge is -2.10. The number of nitrogens with one attached hydrogen (secondary N) is 2. The predicted octanol–water partition coefficient (Wildman–Crippen LogP) is 1.66. The molecule has 1 saturated heterocycles. The van der Waals surface area contributed by atoms with Gasteiger partial charge in [-0.2, -0.15) is 0 Å². The molecule has 8 heteroatoms. The normalized spacial score (nSPS) is 17.3. The Balaban J connectivity index is 0.00000200. The maximum Gasteiger partial charge on any atom is 0.271 e. The highest BCUT2D eigenvalue weighted by Crippen LogP contribution is 2.28. The van der Waals surface area contributed by atoms with Crippen molar-refractivity contribution in [3.63, 3.8) is 0 Å². The Morgan fingerprint density at radius 1 is 1.55 bits per heavy atom. The van der Waals surface area contributed by atoms with Crippen molar-refractivity contribution in [3.8, 4) is 5.75 Å². The van der Waals surface area contributed by atoms with E-state index in [9.17, 15) is 20.0 Å². The van der Waals surface area contributed by atoms with Gasteiger partial charge in [0.1, 0.15) is 5.75 Å². The number of nitrogens with zero attached hydrogens (tertiary/aromatic N) is 1. The molecule has 3 N–H and O–H groups in total. The number of nitro groups is 1. The number of carbonyl (C=O) groups is 1. The Bertz CT molecular complexity index is 503. The van der Waals surface area contributed by atoms with E-state index in [0.29, 0.717) is 6.42 Å². The van der Waals surface area contributed by atoms with Gasteiger partial charge in [0.25, 0.3) is 5.69 Å². The number of amides is 1. The summed E-state index contributed by atoms with van der Waals surface area (Å²) in [6, 6.07) is 3.54. The van der Waals surface area contributed by atoms with E-state index in [2.05, 4.69) is 10.6 Å². The van der Waals surface area contributed by atoms with E-state index < -0.39 is 4.92 Å². The van der Waals surface area contributed by atoms with Crippen molar-refractivity contribution >= 4 is 29.7 Å². The maximum atomic E-state index is 11.8. The summed E-state index contributed by atoms with van der Waals surface area (Å²) < 4.78 is 0. The third-order valence-corrected chi connectivity index (χ3v) is 3.10. The van der Waals surface area contributed by atoms with Gasteiger partial charge in [-0.05, 0) is 31.5 Å². The van der Waals surface area contributed by atoms with E-state index in [1.807, 2.05) is 0 Å². The van der Waals surface area contributed by atoms with Gasteiger partial charge in [-0.1, -0.05) is 0 Å². The van der Waals surface area contributed by atoms with Crippen LogP contribution in [0.3, 0.4) is 0 Å². The standard InChI is InChI=1S/C12H15N3O4.ClH/c16-11-2-1-9(15(18)19)6-10(11)14-12(17)5-8-3-4-13-7-8;/h1-2,6,8,13,16H,3-5,7H2,(H,14,17);1H. The third kappa shape index (κ3) is 4.07. The molecule has 1 aromatic rings. The first-order chi connectivity index (χ1) is 9.06. The molecule has 7 nitrogen and oxygen atoms in total. The number of rotatable bonds is 4. The average molecular weight is 302 g/mol. The highest BCUT2D eigenvalue weighted by Gasteiger charge is 2.19. The summed E-state index contributed by atoms with van der Waals surface area (Å²) >= 11 is 0. The van der Waals surface area contributed by atoms with Crippen molar-refractivity contribution in [3.05, 3.63) is 28.3 Å². The number of anilines is 1. The fourth-order valence-corrected chi connectivity index (χ4v) is 2.09. The monoisotopic (exact) mass is 301 g/mol. The van der Waals surface area contributed by atoms with E-state index in [-0.39, 0.29) is 41.4 Å². The van der Waals surface area contributed by atoms with Crippen LogP contribution < -0.4 is 10.6 Å². The van der Waals surface area contributed by atoms with Crippen LogP contribution in [-0.2, 0) is 4.79 Å². The molecular weight excluding hydrogens is 286 g/mol. The second kappa shape index (κ2) is 7.06. The van der Waals surface area contributed by atoms with Crippen LogP contribution in [0.2, 0.25) is 0 Å². The van der Waals surface area contributed by atoms with Crippen molar-refractivity contribution in [2.45, 2.75) is 12.8 Å². The Morgan fingerprint density at radius 2 is 2.30 bits per heavy atom. The molecule has 0 aliphatic carbocycles. The first-order valence-corrected chi connectivity index (χ1v) is 6.04. The number of benzene rings is 1. The molecule has 1 aliphatic rings. The van der Waals surface area contributed by atoms with Gasteiger partial charge in [0.2, 0.25) is 5.91 Å². The molecule has 0 spiro atoms. The molecule has 20 heavy (non-hydrogen) atoms. The van der Waals surface area contributed by atoms with E-state index in [0.717, 1.165) is 25.6 Å². The molecular formula is C12H16ClN3O4. The molecule has 1 amide bonds. The fourth-order valence-electron chi connectivity index (χ4n) is 2.09. The van der Waals surface area contributed by atoms with Gasteiger partial charge in [0, 0.05) is 18.6 Å². The van der Waals surface area contributed by atoms with Crippen LogP contribution in [0, 0.1) is 16.0 Å². The number of aromatic hydroxyl groups is 1. The molecule has 0 saturated carbocycles. The highest BCUT2D eigenvalue weighted by molar-refractivity contribution is 5.92. The molecule has 0 aromatic heterocycles. The predicted molar refractivity (Wildman–Crippen MR) is 76.2 cm³/mol. The smallest absolute Gasteiger partial charge is 0.271 e. The Kier molecular flexibility index (Phi) is 5.72. The number of non-ortho nitro benzene ring substituents is 1. The summed E-state index contributed by atoms with van der Waals surface area (Å²) in [6.45, 7) is 1.70. The number of phenols is 1. The van der Waals surface area contributed by atoms with Crippen LogP contribution in [0.4, 0.5) is 11.4 Å². The summed E-state index contributed by atoms with van der Waals surface area (Å²) in [7, 11) is 0. The molecule has 0 bridgehead atoms. The lowest BCUT2D eigenvalue weighted by molar-refractivity contribution is -0.384. The molecule has 110 valence electrons. The topological polar surface area (TPSA) is 104 Å². The second-order valence-corrected chi connectivity index (χ2v) is 4.57. The molecule has 1 atom stereocenters. The van der Waals surface area contributed by atoms with Gasteiger partial charge in [0.05, 0.1) is 10.6 Å². The molecule has 2 rings (SSSR count). The summed E-state index contributed by atoms with van der Waals surface area (Å²) in [6.07, 6.45) is 1.28. The Hall–Kier alpha value is -1.86. The first kappa shape index (κ1) is 16.2. The minimum atomic E-state index is -0.573. The number of hydrogen-bond acceptors (Lipinski definition) is 5. The molecule has 0 radical (unpaired) electrons. The lowest BCUT2D eigenvalue weighted by atomic mass is 10.0. The zero-order valence-corrected chi connectivity index (χ0v) is 11.5. The Labute approximate surface area is 121 Å². The van der Waals surface area contributed by atoms with Gasteiger partial charge < -0.3 is 15.7 Å². The van der Waals surface area contributed by atoms with E-state index >= 15 is 0 Å². The van der Waals surface area contributed by atoms with Crippen LogP contribution in [-0.4, -0.2) is 29.0 Å². The molecule has 1 unspecified atom stereocenters.